The molecule has 0 saturated carbocycles. The van der Waals surface area contributed by atoms with E-state index in [1.54, 1.807) is 43.5 Å². The first-order valence-corrected chi connectivity index (χ1v) is 9.91. The zero-order valence-corrected chi connectivity index (χ0v) is 17.0. The highest BCUT2D eigenvalue weighted by molar-refractivity contribution is 7.22. The molecule has 150 valence electrons. The average Bonchev–Trinajstić information content (AvgIpc) is 3.08. The van der Waals surface area contributed by atoms with Crippen LogP contribution in [0.3, 0.4) is 0 Å². The summed E-state index contributed by atoms with van der Waals surface area (Å²) in [5, 5.41) is 5.98. The van der Waals surface area contributed by atoms with Crippen LogP contribution in [0.5, 0.6) is 5.75 Å². The summed E-state index contributed by atoms with van der Waals surface area (Å²) in [6, 6.07) is 12.3. The third kappa shape index (κ3) is 5.61. The van der Waals surface area contributed by atoms with Gasteiger partial charge in [0.15, 0.2) is 10.9 Å². The smallest absolute Gasteiger partial charge is 0.226 e. The highest BCUT2D eigenvalue weighted by Crippen LogP contribution is 2.28. The molecule has 0 aliphatic heterocycles. The summed E-state index contributed by atoms with van der Waals surface area (Å²) >= 11 is 1.33. The Balaban J connectivity index is 1.51. The molecule has 3 aromatic rings. The predicted octanol–water partition coefficient (Wildman–Crippen LogP) is 4.26. The predicted molar refractivity (Wildman–Crippen MR) is 114 cm³/mol. The average molecular weight is 411 g/mol. The van der Waals surface area contributed by atoms with E-state index >= 15 is 0 Å². The fraction of sp³-hybridized carbons (Fsp3) is 0.238. The summed E-state index contributed by atoms with van der Waals surface area (Å²) < 4.78 is 5.94. The van der Waals surface area contributed by atoms with Gasteiger partial charge in [0.05, 0.1) is 17.3 Å². The summed E-state index contributed by atoms with van der Waals surface area (Å²) in [7, 11) is 1.57. The second-order valence-corrected chi connectivity index (χ2v) is 7.47. The van der Waals surface area contributed by atoms with Gasteiger partial charge in [-0.15, -0.1) is 0 Å². The van der Waals surface area contributed by atoms with Gasteiger partial charge in [-0.05, 0) is 48.9 Å². The number of thiazole rings is 1. The monoisotopic (exact) mass is 411 g/mol. The van der Waals surface area contributed by atoms with Crippen molar-refractivity contribution in [2.45, 2.75) is 26.2 Å². The number of anilines is 2. The number of methoxy groups -OCH3 is 1. The van der Waals surface area contributed by atoms with Crippen LogP contribution in [0.1, 0.15) is 36.5 Å². The number of hydrogen-bond acceptors (Lipinski definition) is 6. The quantitative estimate of drug-likeness (QED) is 0.540. The number of ether oxygens (including phenoxy) is 1. The van der Waals surface area contributed by atoms with Gasteiger partial charge in [-0.25, -0.2) is 4.98 Å². The summed E-state index contributed by atoms with van der Waals surface area (Å²) in [5.41, 5.74) is 2.03. The molecule has 0 atom stereocenters. The van der Waals surface area contributed by atoms with Crippen LogP contribution < -0.4 is 15.4 Å². The van der Waals surface area contributed by atoms with E-state index in [1.807, 2.05) is 6.07 Å². The maximum absolute atomic E-state index is 12.2. The summed E-state index contributed by atoms with van der Waals surface area (Å²) in [5.74, 6) is 0.354. The fourth-order valence-corrected chi connectivity index (χ4v) is 3.69. The van der Waals surface area contributed by atoms with Crippen LogP contribution in [0.25, 0.3) is 10.2 Å². The number of nitrogens with zero attached hydrogens (tertiary/aromatic N) is 1. The van der Waals surface area contributed by atoms with Gasteiger partial charge in [0.1, 0.15) is 5.75 Å². The Labute approximate surface area is 172 Å². The Kier molecular flexibility index (Phi) is 6.56. The number of Topliss-reactive ketones (excluding diaryl/α,β-unsaturated/α-hetero) is 1. The van der Waals surface area contributed by atoms with E-state index in [0.717, 1.165) is 10.2 Å². The Bertz CT molecular complexity index is 1040. The maximum Gasteiger partial charge on any atom is 0.226 e. The molecular weight excluding hydrogens is 390 g/mol. The van der Waals surface area contributed by atoms with Crippen molar-refractivity contribution in [1.82, 2.24) is 4.98 Å². The molecule has 29 heavy (non-hydrogen) atoms. The highest BCUT2D eigenvalue weighted by Gasteiger charge is 2.11. The molecule has 2 amide bonds. The Morgan fingerprint density at radius 2 is 1.79 bits per heavy atom. The molecule has 2 aromatic carbocycles. The molecule has 0 aliphatic rings. The number of ketones is 1. The summed E-state index contributed by atoms with van der Waals surface area (Å²) in [6.07, 6.45) is 0.975. The normalized spacial score (nSPS) is 10.6. The molecule has 0 bridgehead atoms. The lowest BCUT2D eigenvalue weighted by Gasteiger charge is -2.03. The van der Waals surface area contributed by atoms with E-state index in [0.29, 0.717) is 35.0 Å². The molecule has 0 unspecified atom stereocenters. The van der Waals surface area contributed by atoms with Gasteiger partial charge in [0, 0.05) is 31.0 Å². The third-order valence-corrected chi connectivity index (χ3v) is 5.11. The van der Waals surface area contributed by atoms with Gasteiger partial charge in [-0.3, -0.25) is 14.4 Å². The molecule has 0 aliphatic carbocycles. The number of carbonyl (C=O) groups excluding carboxylic acids is 3. The van der Waals surface area contributed by atoms with Gasteiger partial charge >= 0.3 is 0 Å². The van der Waals surface area contributed by atoms with Gasteiger partial charge in [-0.2, -0.15) is 0 Å². The van der Waals surface area contributed by atoms with Crippen molar-refractivity contribution in [2.24, 2.45) is 0 Å². The van der Waals surface area contributed by atoms with Crippen LogP contribution >= 0.6 is 11.3 Å². The standard InChI is InChI=1S/C21H21N3O4S/c1-13(25)22-15-8-11-17-19(12-15)29-21(23-17)24-20(27)5-3-4-18(26)14-6-9-16(28-2)10-7-14/h6-12H,3-5H2,1-2H3,(H,22,25)(H,23,24,27). The molecule has 0 fully saturated rings. The zero-order chi connectivity index (χ0) is 20.8. The molecule has 0 saturated heterocycles. The maximum atomic E-state index is 12.2. The lowest BCUT2D eigenvalue weighted by molar-refractivity contribution is -0.116. The van der Waals surface area contributed by atoms with E-state index < -0.39 is 0 Å². The third-order valence-electron chi connectivity index (χ3n) is 4.17. The number of benzene rings is 2. The summed E-state index contributed by atoms with van der Waals surface area (Å²) in [6.45, 7) is 1.45. The molecule has 7 nitrogen and oxygen atoms in total. The molecule has 2 N–H and O–H groups in total. The van der Waals surface area contributed by atoms with Crippen LogP contribution in [0.2, 0.25) is 0 Å². The minimum Gasteiger partial charge on any atom is -0.497 e. The van der Waals surface area contributed by atoms with Crippen molar-refractivity contribution in [1.29, 1.82) is 0 Å². The van der Waals surface area contributed by atoms with E-state index in [-0.39, 0.29) is 24.0 Å². The molecule has 0 spiro atoms. The molecule has 8 heteroatoms. The SMILES string of the molecule is COc1ccc(C(=O)CCCC(=O)Nc2nc3ccc(NC(C)=O)cc3s2)cc1. The molecule has 0 radical (unpaired) electrons. The number of rotatable bonds is 8. The van der Waals surface area contributed by atoms with Crippen molar-refractivity contribution < 1.29 is 19.1 Å². The topological polar surface area (TPSA) is 97.4 Å². The van der Waals surface area contributed by atoms with Gasteiger partial charge in [-0.1, -0.05) is 11.3 Å². The highest BCUT2D eigenvalue weighted by atomic mass is 32.1. The minimum atomic E-state index is -0.186. The molecular formula is C21H21N3O4S. The number of nitrogens with one attached hydrogen (secondary N) is 2. The first-order valence-electron chi connectivity index (χ1n) is 9.10. The van der Waals surface area contributed by atoms with Crippen LogP contribution in [0.4, 0.5) is 10.8 Å². The Morgan fingerprint density at radius 3 is 2.48 bits per heavy atom. The number of amides is 2. The molecule has 1 heterocycles. The van der Waals surface area contributed by atoms with Crippen LogP contribution in [-0.2, 0) is 9.59 Å². The largest absolute Gasteiger partial charge is 0.497 e. The van der Waals surface area contributed by atoms with Crippen molar-refractivity contribution in [2.75, 3.05) is 17.7 Å². The number of hydrogen-bond donors (Lipinski definition) is 2. The molecule has 1 aromatic heterocycles. The molecule has 3 rings (SSSR count). The van der Waals surface area contributed by atoms with Crippen LogP contribution in [-0.4, -0.2) is 29.7 Å². The number of aromatic nitrogens is 1. The Morgan fingerprint density at radius 1 is 1.03 bits per heavy atom. The second kappa shape index (κ2) is 9.29. The lowest BCUT2D eigenvalue weighted by atomic mass is 10.1. The van der Waals surface area contributed by atoms with Gasteiger partial charge in [0.25, 0.3) is 0 Å². The van der Waals surface area contributed by atoms with E-state index in [4.69, 9.17) is 4.74 Å². The van der Waals surface area contributed by atoms with Crippen LogP contribution in [0, 0.1) is 0 Å². The lowest BCUT2D eigenvalue weighted by Crippen LogP contribution is -2.11. The fourth-order valence-electron chi connectivity index (χ4n) is 2.77. The first-order chi connectivity index (χ1) is 13.9. The van der Waals surface area contributed by atoms with Crippen LogP contribution in [0.15, 0.2) is 42.5 Å². The zero-order valence-electron chi connectivity index (χ0n) is 16.2. The van der Waals surface area contributed by atoms with E-state index in [2.05, 4.69) is 15.6 Å². The van der Waals surface area contributed by atoms with Crippen molar-refractivity contribution in [3.8, 4) is 5.75 Å². The van der Waals surface area contributed by atoms with E-state index in [1.165, 1.54) is 18.3 Å². The van der Waals surface area contributed by atoms with E-state index in [9.17, 15) is 14.4 Å². The van der Waals surface area contributed by atoms with Gasteiger partial charge in [0.2, 0.25) is 11.8 Å². The number of carbonyl (C=O) groups is 3. The van der Waals surface area contributed by atoms with Crippen molar-refractivity contribution >= 4 is 50.0 Å². The summed E-state index contributed by atoms with van der Waals surface area (Å²) in [4.78, 5) is 39.9. The van der Waals surface area contributed by atoms with Crippen molar-refractivity contribution in [3.63, 3.8) is 0 Å². The Hall–Kier alpha value is -3.26. The number of fused-ring (bicyclic) bond motifs is 1. The second-order valence-electron chi connectivity index (χ2n) is 6.44. The first kappa shape index (κ1) is 20.5. The van der Waals surface area contributed by atoms with Crippen molar-refractivity contribution in [3.05, 3.63) is 48.0 Å². The minimum absolute atomic E-state index is 0.00839. The van der Waals surface area contributed by atoms with Gasteiger partial charge < -0.3 is 15.4 Å².